The zero-order chi connectivity index (χ0) is 30.3. The van der Waals surface area contributed by atoms with E-state index in [1.807, 2.05) is 24.3 Å². The van der Waals surface area contributed by atoms with Crippen molar-refractivity contribution in [2.75, 3.05) is 18.0 Å². The third kappa shape index (κ3) is 8.05. The van der Waals surface area contributed by atoms with Gasteiger partial charge >= 0.3 is 0 Å². The third-order valence-electron chi connectivity index (χ3n) is 7.40. The molecule has 11 heteroatoms. The summed E-state index contributed by atoms with van der Waals surface area (Å²) in [4.78, 5) is 28.9. The van der Waals surface area contributed by atoms with Gasteiger partial charge in [-0.1, -0.05) is 58.9 Å². The molecule has 3 aromatic rings. The van der Waals surface area contributed by atoms with Crippen LogP contribution in [0.4, 0.5) is 5.69 Å². The summed E-state index contributed by atoms with van der Waals surface area (Å²) >= 11 is 9.56. The lowest BCUT2D eigenvalue weighted by molar-refractivity contribution is -0.139. The summed E-state index contributed by atoms with van der Waals surface area (Å²) < 4.78 is 34.9. The van der Waals surface area contributed by atoms with Gasteiger partial charge in [-0.15, -0.1) is 0 Å². The number of nitrogens with one attached hydrogen (secondary N) is 1. The Kier molecular flexibility index (Phi) is 10.9. The van der Waals surface area contributed by atoms with Crippen molar-refractivity contribution < 1.29 is 22.7 Å². The number of nitrogens with zero attached hydrogens (tertiary/aromatic N) is 2. The minimum Gasteiger partial charge on any atom is -0.497 e. The van der Waals surface area contributed by atoms with Gasteiger partial charge in [0.15, 0.2) is 0 Å². The lowest BCUT2D eigenvalue weighted by Crippen LogP contribution is -2.53. The molecule has 0 saturated heterocycles. The Morgan fingerprint density at radius 3 is 2.31 bits per heavy atom. The van der Waals surface area contributed by atoms with Gasteiger partial charge in [0.1, 0.15) is 18.3 Å². The SMILES string of the molecule is COc1ccc(S(=O)(=O)N(CC(=O)N(Cc2cccc(Br)c2)[C@@H](C)C(=O)NC2CCCCC2)c2ccc(Cl)cc2)cc1. The van der Waals surface area contributed by atoms with E-state index in [-0.39, 0.29) is 29.1 Å². The van der Waals surface area contributed by atoms with Crippen LogP contribution in [0.25, 0.3) is 0 Å². The number of methoxy groups -OCH3 is 1. The number of rotatable bonds is 11. The first kappa shape index (κ1) is 31.8. The predicted octanol–water partition coefficient (Wildman–Crippen LogP) is 6.17. The Bertz CT molecular complexity index is 1480. The molecule has 0 bridgehead atoms. The first-order valence-corrected chi connectivity index (χ1v) is 16.5. The quantitative estimate of drug-likeness (QED) is 0.262. The molecule has 1 aliphatic rings. The van der Waals surface area contributed by atoms with E-state index < -0.39 is 28.5 Å². The van der Waals surface area contributed by atoms with Crippen LogP contribution in [-0.2, 0) is 26.2 Å². The largest absolute Gasteiger partial charge is 0.497 e. The number of ether oxygens (including phenoxy) is 1. The molecule has 3 aromatic carbocycles. The molecule has 1 atom stereocenters. The van der Waals surface area contributed by atoms with Crippen LogP contribution in [0.1, 0.15) is 44.6 Å². The molecule has 0 heterocycles. The first-order valence-electron chi connectivity index (χ1n) is 13.8. The highest BCUT2D eigenvalue weighted by molar-refractivity contribution is 9.10. The number of benzene rings is 3. The average molecular weight is 677 g/mol. The molecule has 1 fully saturated rings. The summed E-state index contributed by atoms with van der Waals surface area (Å²) in [5.74, 6) is -0.282. The van der Waals surface area contributed by atoms with Crippen LogP contribution < -0.4 is 14.4 Å². The standard InChI is InChI=1S/C31H35BrClN3O5S/c1-22(31(38)34-26-9-4-3-5-10-26)35(20-23-7-6-8-24(32)19-23)30(37)21-36(27-13-11-25(33)12-14-27)42(39,40)29-17-15-28(41-2)16-18-29/h6-8,11-19,22,26H,3-5,9-10,20-21H2,1-2H3,(H,34,38)/t22-/m0/s1. The monoisotopic (exact) mass is 675 g/mol. The normalized spacial score (nSPS) is 14.6. The van der Waals surface area contributed by atoms with Gasteiger partial charge in [0.2, 0.25) is 11.8 Å². The molecule has 1 N–H and O–H groups in total. The van der Waals surface area contributed by atoms with E-state index in [1.54, 1.807) is 43.3 Å². The van der Waals surface area contributed by atoms with Crippen molar-refractivity contribution in [2.45, 2.75) is 62.6 Å². The summed E-state index contributed by atoms with van der Waals surface area (Å²) in [6.45, 7) is 1.28. The summed E-state index contributed by atoms with van der Waals surface area (Å²) in [6.07, 6.45) is 5.07. The maximum atomic E-state index is 14.1. The molecule has 0 unspecified atom stereocenters. The van der Waals surface area contributed by atoms with E-state index in [9.17, 15) is 18.0 Å². The maximum Gasteiger partial charge on any atom is 0.264 e. The van der Waals surface area contributed by atoms with Crippen LogP contribution in [0.3, 0.4) is 0 Å². The van der Waals surface area contributed by atoms with Crippen molar-refractivity contribution in [1.29, 1.82) is 0 Å². The topological polar surface area (TPSA) is 96.0 Å². The lowest BCUT2D eigenvalue weighted by Gasteiger charge is -2.33. The molecule has 224 valence electrons. The number of halogens is 2. The number of hydrogen-bond acceptors (Lipinski definition) is 5. The molecular weight excluding hydrogens is 642 g/mol. The predicted molar refractivity (Wildman–Crippen MR) is 168 cm³/mol. The highest BCUT2D eigenvalue weighted by atomic mass is 79.9. The molecule has 0 aliphatic heterocycles. The Hall–Kier alpha value is -3.08. The van der Waals surface area contributed by atoms with Gasteiger partial charge < -0.3 is 15.0 Å². The number of carbonyl (C=O) groups excluding carboxylic acids is 2. The van der Waals surface area contributed by atoms with Crippen molar-refractivity contribution in [3.8, 4) is 5.75 Å². The number of sulfonamides is 1. The molecule has 4 rings (SSSR count). The molecule has 0 spiro atoms. The summed E-state index contributed by atoms with van der Waals surface area (Å²) in [5, 5.41) is 3.54. The highest BCUT2D eigenvalue weighted by Gasteiger charge is 2.33. The van der Waals surface area contributed by atoms with Crippen molar-refractivity contribution in [1.82, 2.24) is 10.2 Å². The minimum absolute atomic E-state index is 0.00678. The number of amides is 2. The van der Waals surface area contributed by atoms with Crippen LogP contribution in [0.2, 0.25) is 5.02 Å². The third-order valence-corrected chi connectivity index (χ3v) is 9.94. The molecule has 8 nitrogen and oxygen atoms in total. The maximum absolute atomic E-state index is 14.1. The smallest absolute Gasteiger partial charge is 0.264 e. The van der Waals surface area contributed by atoms with Crippen LogP contribution >= 0.6 is 27.5 Å². The Labute approximate surface area is 261 Å². The Morgan fingerprint density at radius 1 is 1.02 bits per heavy atom. The van der Waals surface area contributed by atoms with Gasteiger partial charge in [-0.3, -0.25) is 13.9 Å². The zero-order valence-electron chi connectivity index (χ0n) is 23.6. The second kappa shape index (κ2) is 14.4. The van der Waals surface area contributed by atoms with Gasteiger partial charge in [-0.05, 0) is 86.0 Å². The number of hydrogen-bond donors (Lipinski definition) is 1. The Morgan fingerprint density at radius 2 is 1.69 bits per heavy atom. The fraction of sp³-hybridized carbons (Fsp3) is 0.355. The van der Waals surface area contributed by atoms with Crippen LogP contribution in [-0.4, -0.2) is 50.9 Å². The van der Waals surface area contributed by atoms with E-state index in [0.717, 1.165) is 46.4 Å². The second-order valence-electron chi connectivity index (χ2n) is 10.3. The van der Waals surface area contributed by atoms with Crippen LogP contribution in [0, 0.1) is 0 Å². The van der Waals surface area contributed by atoms with Crippen LogP contribution in [0.5, 0.6) is 5.75 Å². The summed E-state index contributed by atoms with van der Waals surface area (Å²) in [5.41, 5.74) is 1.07. The van der Waals surface area contributed by atoms with E-state index in [1.165, 1.54) is 24.1 Å². The summed E-state index contributed by atoms with van der Waals surface area (Å²) in [7, 11) is -2.70. The molecule has 2 amide bonds. The Balaban J connectivity index is 1.67. The minimum atomic E-state index is -4.19. The van der Waals surface area contributed by atoms with Gasteiger partial charge in [0, 0.05) is 22.1 Å². The number of carbonyl (C=O) groups is 2. The lowest BCUT2D eigenvalue weighted by atomic mass is 9.95. The first-order chi connectivity index (χ1) is 20.1. The molecule has 0 radical (unpaired) electrons. The number of anilines is 1. The zero-order valence-corrected chi connectivity index (χ0v) is 26.8. The van der Waals surface area contributed by atoms with Crippen molar-refractivity contribution in [3.63, 3.8) is 0 Å². The fourth-order valence-corrected chi connectivity index (χ4v) is 6.98. The molecule has 1 aliphatic carbocycles. The highest BCUT2D eigenvalue weighted by Crippen LogP contribution is 2.27. The second-order valence-corrected chi connectivity index (χ2v) is 13.5. The fourth-order valence-electron chi connectivity index (χ4n) is 4.99. The van der Waals surface area contributed by atoms with E-state index in [2.05, 4.69) is 21.2 Å². The van der Waals surface area contributed by atoms with Crippen molar-refractivity contribution >= 4 is 55.1 Å². The van der Waals surface area contributed by atoms with E-state index in [4.69, 9.17) is 16.3 Å². The molecule has 42 heavy (non-hydrogen) atoms. The van der Waals surface area contributed by atoms with E-state index in [0.29, 0.717) is 10.8 Å². The molecule has 0 aromatic heterocycles. The van der Waals surface area contributed by atoms with Gasteiger partial charge in [-0.25, -0.2) is 8.42 Å². The molecular formula is C31H35BrClN3O5S. The van der Waals surface area contributed by atoms with E-state index >= 15 is 0 Å². The van der Waals surface area contributed by atoms with Crippen molar-refractivity contribution in [2.24, 2.45) is 0 Å². The van der Waals surface area contributed by atoms with Gasteiger partial charge in [-0.2, -0.15) is 0 Å². The van der Waals surface area contributed by atoms with Crippen molar-refractivity contribution in [3.05, 3.63) is 87.9 Å². The summed E-state index contributed by atoms with van der Waals surface area (Å²) in [6, 6.07) is 18.9. The van der Waals surface area contributed by atoms with Crippen LogP contribution in [0.15, 0.2) is 82.2 Å². The van der Waals surface area contributed by atoms with Gasteiger partial charge in [0.05, 0.1) is 17.7 Å². The molecule has 1 saturated carbocycles. The van der Waals surface area contributed by atoms with Gasteiger partial charge in [0.25, 0.3) is 10.0 Å². The average Bonchev–Trinajstić information content (AvgIpc) is 2.99.